The van der Waals surface area contributed by atoms with Gasteiger partial charge < -0.3 is 15.0 Å². The number of rotatable bonds is 9. The van der Waals surface area contributed by atoms with Crippen molar-refractivity contribution in [1.29, 1.82) is 0 Å². The van der Waals surface area contributed by atoms with Gasteiger partial charge in [-0.25, -0.2) is 14.5 Å². The molecule has 8 nitrogen and oxygen atoms in total. The molecule has 1 atom stereocenters. The van der Waals surface area contributed by atoms with E-state index in [-0.39, 0.29) is 17.8 Å². The van der Waals surface area contributed by atoms with Crippen molar-refractivity contribution in [2.24, 2.45) is 4.99 Å². The number of aryl methyl sites for hydroxylation is 2. The molecule has 2 heterocycles. The third kappa shape index (κ3) is 8.24. The lowest BCUT2D eigenvalue weighted by molar-refractivity contribution is -0.274. The lowest BCUT2D eigenvalue weighted by atomic mass is 10.0. The van der Waals surface area contributed by atoms with Gasteiger partial charge in [0.2, 0.25) is 0 Å². The molecule has 3 aromatic carbocycles. The molecule has 12 heteroatoms. The number of thioether (sulfide) groups is 1. The summed E-state index contributed by atoms with van der Waals surface area (Å²) >= 11 is 1.61. The molecule has 1 fully saturated rings. The summed E-state index contributed by atoms with van der Waals surface area (Å²) < 4.78 is 42.8. The Morgan fingerprint density at radius 1 is 1.09 bits per heavy atom. The van der Waals surface area contributed by atoms with Gasteiger partial charge in [0.1, 0.15) is 12.1 Å². The van der Waals surface area contributed by atoms with Gasteiger partial charge in [0.25, 0.3) is 0 Å². The quantitative estimate of drug-likeness (QED) is 0.199. The predicted octanol–water partition coefficient (Wildman–Crippen LogP) is 8.25. The average molecular weight is 637 g/mol. The molecule has 2 amide bonds. The number of aliphatic imine (C=N–C) groups is 1. The Labute approximate surface area is 264 Å². The number of amides is 2. The number of carbonyl (C=O) groups excluding carboxylic acids is 1. The number of benzene rings is 3. The van der Waals surface area contributed by atoms with Gasteiger partial charge in [-0.1, -0.05) is 68.4 Å². The van der Waals surface area contributed by atoms with Crippen molar-refractivity contribution in [3.8, 4) is 22.8 Å². The van der Waals surface area contributed by atoms with Crippen molar-refractivity contribution in [3.05, 3.63) is 89.7 Å². The number of alkyl halides is 3. The fourth-order valence-electron chi connectivity index (χ4n) is 5.16. The molecule has 1 aromatic heterocycles. The zero-order chi connectivity index (χ0) is 32.0. The average Bonchev–Trinajstić information content (AvgIpc) is 3.51. The van der Waals surface area contributed by atoms with Crippen LogP contribution in [0.5, 0.6) is 5.75 Å². The number of carbonyl (C=O) groups is 1. The zero-order valence-corrected chi connectivity index (χ0v) is 26.2. The molecule has 1 aliphatic rings. The normalized spacial score (nSPS) is 15.2. The van der Waals surface area contributed by atoms with E-state index in [4.69, 9.17) is 0 Å². The van der Waals surface area contributed by atoms with E-state index in [1.165, 1.54) is 46.4 Å². The van der Waals surface area contributed by atoms with Crippen molar-refractivity contribution in [2.45, 2.75) is 58.9 Å². The maximum absolute atomic E-state index is 13.2. The van der Waals surface area contributed by atoms with Gasteiger partial charge in [-0.3, -0.25) is 0 Å². The fourth-order valence-corrected chi connectivity index (χ4v) is 6.10. The summed E-state index contributed by atoms with van der Waals surface area (Å²) in [5, 5.41) is 8.26. The lowest BCUT2D eigenvalue weighted by Crippen LogP contribution is -2.37. The van der Waals surface area contributed by atoms with E-state index in [1.54, 1.807) is 11.8 Å². The first kappa shape index (κ1) is 32.1. The first-order valence-electron chi connectivity index (χ1n) is 14.9. The Morgan fingerprint density at radius 3 is 2.53 bits per heavy atom. The fraction of sp³-hybridized carbons (Fsp3) is 0.333. The summed E-state index contributed by atoms with van der Waals surface area (Å²) in [5.74, 6) is 1.06. The van der Waals surface area contributed by atoms with Gasteiger partial charge in [-0.15, -0.1) is 18.3 Å². The van der Waals surface area contributed by atoms with Crippen LogP contribution in [0.25, 0.3) is 17.1 Å². The molecule has 45 heavy (non-hydrogen) atoms. The minimum Gasteiger partial charge on any atom is -0.406 e. The lowest BCUT2D eigenvalue weighted by Gasteiger charge is -2.31. The molecule has 0 spiro atoms. The van der Waals surface area contributed by atoms with Crippen LogP contribution < -0.4 is 15.0 Å². The molecule has 5 rings (SSSR count). The van der Waals surface area contributed by atoms with Crippen LogP contribution in [0.4, 0.5) is 23.7 Å². The van der Waals surface area contributed by atoms with Gasteiger partial charge in [-0.05, 0) is 73.2 Å². The number of hydrogen-bond acceptors (Lipinski definition) is 5. The molecule has 1 unspecified atom stereocenters. The Kier molecular flexibility index (Phi) is 10.1. The van der Waals surface area contributed by atoms with Crippen molar-refractivity contribution in [2.75, 3.05) is 17.2 Å². The largest absolute Gasteiger partial charge is 0.573 e. The minimum absolute atomic E-state index is 0.240. The summed E-state index contributed by atoms with van der Waals surface area (Å²) in [6, 6.07) is 18.9. The molecular weight excluding hydrogens is 601 g/mol. The van der Waals surface area contributed by atoms with Crippen LogP contribution in [-0.2, 0) is 6.42 Å². The van der Waals surface area contributed by atoms with Crippen molar-refractivity contribution in [1.82, 2.24) is 20.1 Å². The van der Waals surface area contributed by atoms with Crippen molar-refractivity contribution in [3.63, 3.8) is 0 Å². The van der Waals surface area contributed by atoms with E-state index >= 15 is 0 Å². The first-order valence-corrected chi connectivity index (χ1v) is 15.9. The van der Waals surface area contributed by atoms with Crippen LogP contribution in [0.1, 0.15) is 55.8 Å². The summed E-state index contributed by atoms with van der Waals surface area (Å²) in [7, 11) is 0. The maximum atomic E-state index is 13.2. The Bertz CT molecular complexity index is 1640. The highest BCUT2D eigenvalue weighted by Crippen LogP contribution is 2.30. The van der Waals surface area contributed by atoms with Crippen LogP contribution in [0, 0.1) is 6.92 Å². The highest BCUT2D eigenvalue weighted by molar-refractivity contribution is 8.14. The van der Waals surface area contributed by atoms with Gasteiger partial charge in [-0.2, -0.15) is 4.99 Å². The monoisotopic (exact) mass is 636 g/mol. The highest BCUT2D eigenvalue weighted by Gasteiger charge is 2.31. The standard InChI is InChI=1S/C33H35F3N6O2S/c1-4-7-24-9-8-22(3)20-29(24)41-18-6-19-45-32(41)39-31(43)38-28(5-2)23-10-12-25(13-11-23)30-37-21-42(40-30)26-14-16-27(17-15-26)44-33(34,35)36/h8-17,20-21,28H,4-7,18-19H2,1-3H3,(H,38,43)/b39-32-. The van der Waals surface area contributed by atoms with Crippen LogP contribution in [0.3, 0.4) is 0 Å². The number of nitrogens with zero attached hydrogens (tertiary/aromatic N) is 5. The highest BCUT2D eigenvalue weighted by atomic mass is 32.2. The van der Waals surface area contributed by atoms with E-state index in [9.17, 15) is 18.0 Å². The molecule has 1 saturated heterocycles. The maximum Gasteiger partial charge on any atom is 0.573 e. The van der Waals surface area contributed by atoms with Gasteiger partial charge in [0.05, 0.1) is 11.7 Å². The van der Waals surface area contributed by atoms with E-state index in [2.05, 4.69) is 62.1 Å². The number of urea groups is 1. The van der Waals surface area contributed by atoms with Crippen LogP contribution in [0.15, 0.2) is 78.0 Å². The zero-order valence-electron chi connectivity index (χ0n) is 25.3. The van der Waals surface area contributed by atoms with Gasteiger partial charge in [0.15, 0.2) is 11.0 Å². The summed E-state index contributed by atoms with van der Waals surface area (Å²) in [6.45, 7) is 7.07. The first-order chi connectivity index (χ1) is 21.6. The van der Waals surface area contributed by atoms with Crippen molar-refractivity contribution >= 4 is 28.6 Å². The number of hydrogen-bond donors (Lipinski definition) is 1. The topological polar surface area (TPSA) is 84.6 Å². The molecule has 236 valence electrons. The molecule has 0 aliphatic carbocycles. The number of amidine groups is 1. The van der Waals surface area contributed by atoms with E-state index in [0.29, 0.717) is 17.9 Å². The summed E-state index contributed by atoms with van der Waals surface area (Å²) in [6.07, 6.45) is 0.435. The SMILES string of the molecule is CCCc1ccc(C)cc1N1CCCS/C1=N\C(=O)NC(CC)c1ccc(-c2ncn(-c3ccc(OC(F)(F)F)cc3)n2)cc1. The Morgan fingerprint density at radius 2 is 1.84 bits per heavy atom. The van der Waals surface area contributed by atoms with Gasteiger partial charge in [0, 0.05) is 23.5 Å². The molecule has 4 aromatic rings. The molecule has 1 aliphatic heterocycles. The minimum atomic E-state index is -4.75. The second-order valence-electron chi connectivity index (χ2n) is 10.7. The van der Waals surface area contributed by atoms with Crippen LogP contribution in [-0.4, -0.2) is 44.6 Å². The van der Waals surface area contributed by atoms with Crippen molar-refractivity contribution < 1.29 is 22.7 Å². The second kappa shape index (κ2) is 14.2. The Hall–Kier alpha value is -4.32. The third-order valence-electron chi connectivity index (χ3n) is 7.34. The third-order valence-corrected chi connectivity index (χ3v) is 8.40. The number of nitrogens with one attached hydrogen (secondary N) is 1. The second-order valence-corrected chi connectivity index (χ2v) is 11.8. The van der Waals surface area contributed by atoms with Crippen LogP contribution >= 0.6 is 11.8 Å². The number of anilines is 1. The van der Waals surface area contributed by atoms with Gasteiger partial charge >= 0.3 is 12.4 Å². The predicted molar refractivity (Wildman–Crippen MR) is 172 cm³/mol. The summed E-state index contributed by atoms with van der Waals surface area (Å²) in [5.41, 5.74) is 5.78. The van der Waals surface area contributed by atoms with E-state index in [0.717, 1.165) is 53.5 Å². The Balaban J connectivity index is 1.27. The molecule has 1 N–H and O–H groups in total. The number of ether oxygens (including phenoxy) is 1. The molecule has 0 bridgehead atoms. The number of aromatic nitrogens is 3. The molecule has 0 saturated carbocycles. The molecular formula is C33H35F3N6O2S. The summed E-state index contributed by atoms with van der Waals surface area (Å²) in [4.78, 5) is 24.3. The van der Waals surface area contributed by atoms with Crippen LogP contribution in [0.2, 0.25) is 0 Å². The molecule has 0 radical (unpaired) electrons. The smallest absolute Gasteiger partial charge is 0.406 e. The number of halogens is 3. The van der Waals surface area contributed by atoms with E-state index < -0.39 is 6.36 Å². The van der Waals surface area contributed by atoms with E-state index in [1.807, 2.05) is 31.2 Å².